The van der Waals surface area contributed by atoms with Crippen LogP contribution in [-0.2, 0) is 16.0 Å². The molecule has 0 saturated heterocycles. The van der Waals surface area contributed by atoms with Crippen molar-refractivity contribution in [2.45, 2.75) is 23.2 Å². The third kappa shape index (κ3) is 3.19. The lowest BCUT2D eigenvalue weighted by Crippen LogP contribution is -2.23. The second kappa shape index (κ2) is 5.38. The van der Waals surface area contributed by atoms with Crippen LogP contribution in [0.15, 0.2) is 27.6 Å². The molecule has 18 heavy (non-hydrogen) atoms. The smallest absolute Gasteiger partial charge is 0.223 e. The standard InChI is InChI=1S/C10H9BrClF3O2S/c1-6(5-12)18(16,17)9-3-2-7(11)4-8(9)10(13,14)15/h2-4,6H,5H2,1H3. The summed E-state index contributed by atoms with van der Waals surface area (Å²) >= 11 is 8.30. The van der Waals surface area contributed by atoms with Crippen LogP contribution in [0.25, 0.3) is 0 Å². The summed E-state index contributed by atoms with van der Waals surface area (Å²) in [5.74, 6) is -0.268. The number of hydrogen-bond acceptors (Lipinski definition) is 2. The van der Waals surface area contributed by atoms with E-state index in [2.05, 4.69) is 15.9 Å². The fourth-order valence-electron chi connectivity index (χ4n) is 1.27. The normalized spacial score (nSPS) is 14.6. The van der Waals surface area contributed by atoms with Gasteiger partial charge in [0.25, 0.3) is 0 Å². The van der Waals surface area contributed by atoms with Gasteiger partial charge in [0.05, 0.1) is 15.7 Å². The molecule has 0 aromatic heterocycles. The van der Waals surface area contributed by atoms with Crippen molar-refractivity contribution in [1.29, 1.82) is 0 Å². The molecule has 8 heteroatoms. The van der Waals surface area contributed by atoms with E-state index in [1.165, 1.54) is 13.0 Å². The maximum atomic E-state index is 12.8. The Balaban J connectivity index is 3.52. The average Bonchev–Trinajstić information content (AvgIpc) is 2.26. The molecule has 0 aliphatic rings. The quantitative estimate of drug-likeness (QED) is 0.762. The van der Waals surface area contributed by atoms with Gasteiger partial charge in [0.15, 0.2) is 9.84 Å². The number of sulfone groups is 1. The van der Waals surface area contributed by atoms with Crippen LogP contribution in [0.2, 0.25) is 0 Å². The molecule has 0 fully saturated rings. The number of rotatable bonds is 3. The fourth-order valence-corrected chi connectivity index (χ4v) is 3.47. The Morgan fingerprint density at radius 2 is 1.94 bits per heavy atom. The lowest BCUT2D eigenvalue weighted by Gasteiger charge is -2.16. The van der Waals surface area contributed by atoms with E-state index in [1.54, 1.807) is 0 Å². The van der Waals surface area contributed by atoms with Crippen LogP contribution in [0.4, 0.5) is 13.2 Å². The Labute approximate surface area is 116 Å². The first kappa shape index (κ1) is 15.8. The summed E-state index contributed by atoms with van der Waals surface area (Å²) in [5.41, 5.74) is -1.19. The lowest BCUT2D eigenvalue weighted by atomic mass is 10.2. The summed E-state index contributed by atoms with van der Waals surface area (Å²) in [6.07, 6.45) is -4.74. The fraction of sp³-hybridized carbons (Fsp3) is 0.400. The second-order valence-corrected chi connectivity index (χ2v) is 7.21. The van der Waals surface area contributed by atoms with E-state index in [-0.39, 0.29) is 10.4 Å². The van der Waals surface area contributed by atoms with Gasteiger partial charge in [-0.15, -0.1) is 11.6 Å². The molecule has 0 aliphatic heterocycles. The first-order valence-electron chi connectivity index (χ1n) is 4.77. The zero-order chi connectivity index (χ0) is 14.1. The van der Waals surface area contributed by atoms with Crippen molar-refractivity contribution >= 4 is 37.4 Å². The van der Waals surface area contributed by atoms with Gasteiger partial charge in [-0.3, -0.25) is 0 Å². The van der Waals surface area contributed by atoms with Crippen LogP contribution < -0.4 is 0 Å². The highest BCUT2D eigenvalue weighted by molar-refractivity contribution is 9.10. The van der Waals surface area contributed by atoms with Gasteiger partial charge in [-0.25, -0.2) is 8.42 Å². The van der Waals surface area contributed by atoms with E-state index in [9.17, 15) is 21.6 Å². The van der Waals surface area contributed by atoms with Crippen molar-refractivity contribution < 1.29 is 21.6 Å². The predicted molar refractivity (Wildman–Crippen MR) is 66.5 cm³/mol. The Morgan fingerprint density at radius 1 is 1.39 bits per heavy atom. The van der Waals surface area contributed by atoms with Crippen LogP contribution >= 0.6 is 27.5 Å². The number of hydrogen-bond donors (Lipinski definition) is 0. The van der Waals surface area contributed by atoms with E-state index in [1.807, 2.05) is 0 Å². The Hall–Kier alpha value is -0.270. The molecule has 0 amide bonds. The first-order chi connectivity index (χ1) is 8.10. The number of benzene rings is 1. The summed E-state index contributed by atoms with van der Waals surface area (Å²) in [6.45, 7) is 1.27. The monoisotopic (exact) mass is 364 g/mol. The Morgan fingerprint density at radius 3 is 2.39 bits per heavy atom. The highest BCUT2D eigenvalue weighted by Crippen LogP contribution is 2.37. The molecule has 0 bridgehead atoms. The molecule has 102 valence electrons. The minimum atomic E-state index is -4.74. The lowest BCUT2D eigenvalue weighted by molar-refractivity contribution is -0.139. The Kier molecular flexibility index (Phi) is 4.72. The van der Waals surface area contributed by atoms with Gasteiger partial charge >= 0.3 is 6.18 Å². The average molecular weight is 366 g/mol. The number of alkyl halides is 4. The zero-order valence-corrected chi connectivity index (χ0v) is 12.3. The largest absolute Gasteiger partial charge is 0.417 e. The summed E-state index contributed by atoms with van der Waals surface area (Å²) in [6, 6.07) is 2.93. The first-order valence-corrected chi connectivity index (χ1v) is 7.64. The van der Waals surface area contributed by atoms with E-state index < -0.39 is 31.7 Å². The Bertz CT molecular complexity index is 543. The van der Waals surface area contributed by atoms with Crippen molar-refractivity contribution in [2.75, 3.05) is 5.88 Å². The van der Waals surface area contributed by atoms with Crippen LogP contribution in [0.5, 0.6) is 0 Å². The van der Waals surface area contributed by atoms with Crippen molar-refractivity contribution in [1.82, 2.24) is 0 Å². The summed E-state index contributed by atoms with van der Waals surface area (Å²) in [4.78, 5) is -0.744. The van der Waals surface area contributed by atoms with Gasteiger partial charge in [0, 0.05) is 10.4 Å². The minimum Gasteiger partial charge on any atom is -0.223 e. The summed E-state index contributed by atoms with van der Waals surface area (Å²) in [7, 11) is -4.09. The van der Waals surface area contributed by atoms with E-state index in [0.29, 0.717) is 0 Å². The third-order valence-corrected chi connectivity index (χ3v) is 5.63. The zero-order valence-electron chi connectivity index (χ0n) is 9.13. The predicted octanol–water partition coefficient (Wildman–Crippen LogP) is 3.87. The van der Waals surface area contributed by atoms with Gasteiger partial charge < -0.3 is 0 Å². The third-order valence-electron chi connectivity index (χ3n) is 2.30. The summed E-state index contributed by atoms with van der Waals surface area (Å²) < 4.78 is 62.5. The molecule has 1 aromatic carbocycles. The molecule has 1 rings (SSSR count). The molecule has 0 heterocycles. The van der Waals surface area contributed by atoms with Crippen molar-refractivity contribution in [3.05, 3.63) is 28.2 Å². The molecule has 0 radical (unpaired) electrons. The highest BCUT2D eigenvalue weighted by atomic mass is 79.9. The molecule has 2 nitrogen and oxygen atoms in total. The van der Waals surface area contributed by atoms with Crippen LogP contribution in [0.3, 0.4) is 0 Å². The van der Waals surface area contributed by atoms with Crippen molar-refractivity contribution in [2.24, 2.45) is 0 Å². The van der Waals surface area contributed by atoms with Gasteiger partial charge in [-0.1, -0.05) is 15.9 Å². The summed E-state index contributed by atoms with van der Waals surface area (Å²) in [5, 5.41) is -1.08. The van der Waals surface area contributed by atoms with Gasteiger partial charge in [-0.2, -0.15) is 13.2 Å². The van der Waals surface area contributed by atoms with Crippen LogP contribution in [0, 0.1) is 0 Å². The molecule has 0 saturated carbocycles. The van der Waals surface area contributed by atoms with Gasteiger partial charge in [-0.05, 0) is 25.1 Å². The van der Waals surface area contributed by atoms with E-state index in [0.717, 1.165) is 12.1 Å². The minimum absolute atomic E-state index is 0.160. The molecule has 1 unspecified atom stereocenters. The molecule has 1 atom stereocenters. The van der Waals surface area contributed by atoms with Crippen LogP contribution in [-0.4, -0.2) is 19.5 Å². The molecule has 1 aromatic rings. The number of halogens is 5. The van der Waals surface area contributed by atoms with Gasteiger partial charge in [0.2, 0.25) is 0 Å². The molecular weight excluding hydrogens is 357 g/mol. The van der Waals surface area contributed by atoms with Gasteiger partial charge in [0.1, 0.15) is 0 Å². The second-order valence-electron chi connectivity index (χ2n) is 3.65. The van der Waals surface area contributed by atoms with E-state index in [4.69, 9.17) is 11.6 Å². The highest BCUT2D eigenvalue weighted by Gasteiger charge is 2.38. The molecular formula is C10H9BrClF3O2S. The molecule has 0 N–H and O–H groups in total. The molecule has 0 aliphatic carbocycles. The SMILES string of the molecule is CC(CCl)S(=O)(=O)c1ccc(Br)cc1C(F)(F)F. The topological polar surface area (TPSA) is 34.1 Å². The maximum Gasteiger partial charge on any atom is 0.417 e. The van der Waals surface area contributed by atoms with Crippen molar-refractivity contribution in [3.63, 3.8) is 0 Å². The van der Waals surface area contributed by atoms with Crippen LogP contribution in [0.1, 0.15) is 12.5 Å². The van der Waals surface area contributed by atoms with Crippen molar-refractivity contribution in [3.8, 4) is 0 Å². The molecule has 0 spiro atoms. The van der Waals surface area contributed by atoms with E-state index >= 15 is 0 Å². The maximum absolute atomic E-state index is 12.8.